The molecule has 7 heteroatoms. The Balaban J connectivity index is 1.28. The Bertz CT molecular complexity index is 1150. The molecule has 7 nitrogen and oxygen atoms in total. The second-order valence-corrected chi connectivity index (χ2v) is 11.1. The monoisotopic (exact) mass is 452 g/mol. The zero-order chi connectivity index (χ0) is 22.7. The molecule has 1 aromatic heterocycles. The quantitative estimate of drug-likeness (QED) is 0.671. The van der Waals surface area contributed by atoms with Crippen LogP contribution in [0.4, 0.5) is 0 Å². The van der Waals surface area contributed by atoms with Crippen molar-refractivity contribution >= 4 is 17.2 Å². The summed E-state index contributed by atoms with van der Waals surface area (Å²) >= 11 is 0. The summed E-state index contributed by atoms with van der Waals surface area (Å²) in [6, 6.07) is 9.50. The lowest BCUT2D eigenvalue weighted by Crippen LogP contribution is -2.60. The van der Waals surface area contributed by atoms with Crippen LogP contribution >= 0.6 is 0 Å². The third-order valence-electron chi connectivity index (χ3n) is 9.64. The number of aldehydes is 1. The standard InChI is InChI=1S/C26H32N2O5/c1-25-19(11-26(33-25)23(30)8-14(12-29)32-26)16-9-22-24-17(10-21(27(22)2)18(16)13-31-25)15-6-4-5-7-20(15)28(24)3/h4-7,12,14,16,18-19,21-23,30H,8-11,13H2,1-3H3/t14-,16?,18?,19+,21+,22+,23+,25+,26-/m1/s1. The van der Waals surface area contributed by atoms with Crippen LogP contribution in [0.2, 0.25) is 0 Å². The van der Waals surface area contributed by atoms with Crippen LogP contribution < -0.4 is 0 Å². The second kappa shape index (κ2) is 6.67. The minimum atomic E-state index is -1.14. The minimum absolute atomic E-state index is 0.117. The Morgan fingerprint density at radius 1 is 1.18 bits per heavy atom. The van der Waals surface area contributed by atoms with E-state index in [1.165, 1.54) is 22.2 Å². The molecular formula is C26H32N2O5. The van der Waals surface area contributed by atoms with Crippen LogP contribution in [-0.4, -0.2) is 64.3 Å². The van der Waals surface area contributed by atoms with E-state index in [1.807, 2.05) is 6.92 Å². The van der Waals surface area contributed by atoms with E-state index in [1.54, 1.807) is 0 Å². The number of aliphatic hydroxyl groups is 1. The second-order valence-electron chi connectivity index (χ2n) is 11.1. The summed E-state index contributed by atoms with van der Waals surface area (Å²) in [6.45, 7) is 2.64. The molecule has 5 aliphatic rings. The number of para-hydroxylation sites is 1. The zero-order valence-corrected chi connectivity index (χ0v) is 19.4. The molecule has 0 saturated carbocycles. The van der Waals surface area contributed by atoms with Crippen molar-refractivity contribution in [2.24, 2.45) is 24.8 Å². The highest BCUT2D eigenvalue weighted by Crippen LogP contribution is 2.60. The van der Waals surface area contributed by atoms with Crippen molar-refractivity contribution in [2.75, 3.05) is 13.7 Å². The largest absolute Gasteiger partial charge is 0.387 e. The molecule has 2 unspecified atom stereocenters. The van der Waals surface area contributed by atoms with E-state index in [-0.39, 0.29) is 12.3 Å². The van der Waals surface area contributed by atoms with Crippen LogP contribution in [0.3, 0.4) is 0 Å². The first-order valence-electron chi connectivity index (χ1n) is 12.3. The number of benzene rings is 1. The molecule has 2 bridgehead atoms. The van der Waals surface area contributed by atoms with E-state index in [2.05, 4.69) is 47.8 Å². The Kier molecular flexibility index (Phi) is 4.16. The molecular weight excluding hydrogens is 420 g/mol. The summed E-state index contributed by atoms with van der Waals surface area (Å²) in [5.74, 6) is -1.01. The lowest BCUT2D eigenvalue weighted by Gasteiger charge is -2.57. The van der Waals surface area contributed by atoms with Gasteiger partial charge in [0.2, 0.25) is 0 Å². The summed E-state index contributed by atoms with van der Waals surface area (Å²) in [5, 5.41) is 12.2. The lowest BCUT2D eigenvalue weighted by atomic mass is 9.63. The molecule has 0 radical (unpaired) electrons. The first-order chi connectivity index (χ1) is 15.8. The SMILES string of the molecule is CN1[C@H]2CC3C(CO[C@@]4(C)O[C@@]5(C[C@@H]34)O[C@@H](C=O)C[C@@H]5O)[C@@H]1Cc1c2n(C)c2ccccc12. The topological polar surface area (TPSA) is 73.2 Å². The number of carbonyl (C=O) groups is 1. The molecule has 9 atom stereocenters. The van der Waals surface area contributed by atoms with Gasteiger partial charge in [0, 0.05) is 54.4 Å². The smallest absolute Gasteiger partial charge is 0.198 e. The first kappa shape index (κ1) is 20.6. The van der Waals surface area contributed by atoms with E-state index in [0.29, 0.717) is 36.9 Å². The first-order valence-corrected chi connectivity index (χ1v) is 12.3. The number of aromatic nitrogens is 1. The molecule has 1 aromatic carbocycles. The molecule has 1 spiro atoms. The van der Waals surface area contributed by atoms with Crippen LogP contribution in [0.15, 0.2) is 24.3 Å². The summed E-state index contributed by atoms with van der Waals surface area (Å²) in [6.07, 6.45) is 2.26. The fraction of sp³-hybridized carbons (Fsp3) is 0.654. The van der Waals surface area contributed by atoms with Gasteiger partial charge in [-0.15, -0.1) is 0 Å². The number of ether oxygens (including phenoxy) is 3. The maximum atomic E-state index is 11.4. The van der Waals surface area contributed by atoms with Gasteiger partial charge >= 0.3 is 0 Å². The number of hydrogen-bond donors (Lipinski definition) is 1. The van der Waals surface area contributed by atoms with Gasteiger partial charge in [-0.2, -0.15) is 0 Å². The summed E-state index contributed by atoms with van der Waals surface area (Å²) in [7, 11) is 4.47. The molecule has 5 aliphatic heterocycles. The number of aliphatic hydroxyl groups excluding tert-OH is 1. The number of hydrogen-bond acceptors (Lipinski definition) is 6. The van der Waals surface area contributed by atoms with Crippen LogP contribution in [0.1, 0.15) is 43.5 Å². The molecule has 0 aliphatic carbocycles. The van der Waals surface area contributed by atoms with Crippen LogP contribution in [0.5, 0.6) is 0 Å². The molecule has 6 heterocycles. The van der Waals surface area contributed by atoms with Gasteiger partial charge in [0.25, 0.3) is 0 Å². The molecule has 4 saturated heterocycles. The predicted octanol–water partition coefficient (Wildman–Crippen LogP) is 2.54. The number of likely N-dealkylation sites (N-methyl/N-ethyl adjacent to an activating group) is 1. The Morgan fingerprint density at radius 2 is 2.00 bits per heavy atom. The van der Waals surface area contributed by atoms with Crippen molar-refractivity contribution in [3.63, 3.8) is 0 Å². The molecule has 7 rings (SSSR count). The molecule has 33 heavy (non-hydrogen) atoms. The number of carbonyl (C=O) groups excluding carboxylic acids is 1. The van der Waals surface area contributed by atoms with Crippen molar-refractivity contribution in [3.05, 3.63) is 35.5 Å². The summed E-state index contributed by atoms with van der Waals surface area (Å²) in [4.78, 5) is 13.9. The van der Waals surface area contributed by atoms with Crippen molar-refractivity contribution in [2.45, 2.75) is 68.5 Å². The van der Waals surface area contributed by atoms with Crippen molar-refractivity contribution < 1.29 is 24.1 Å². The van der Waals surface area contributed by atoms with Crippen LogP contribution in [-0.2, 0) is 32.5 Å². The van der Waals surface area contributed by atoms with Gasteiger partial charge in [0.1, 0.15) is 18.5 Å². The third-order valence-corrected chi connectivity index (χ3v) is 9.64. The van der Waals surface area contributed by atoms with E-state index in [0.717, 1.165) is 19.1 Å². The zero-order valence-electron chi connectivity index (χ0n) is 19.4. The van der Waals surface area contributed by atoms with E-state index >= 15 is 0 Å². The molecule has 1 N–H and O–H groups in total. The highest BCUT2D eigenvalue weighted by Gasteiger charge is 2.67. The minimum Gasteiger partial charge on any atom is -0.387 e. The third kappa shape index (κ3) is 2.55. The van der Waals surface area contributed by atoms with E-state index in [4.69, 9.17) is 14.2 Å². The highest BCUT2D eigenvalue weighted by molar-refractivity contribution is 5.86. The maximum Gasteiger partial charge on any atom is 0.198 e. The number of piperidine rings is 1. The van der Waals surface area contributed by atoms with Crippen molar-refractivity contribution in [1.82, 2.24) is 9.47 Å². The average Bonchev–Trinajstić information content (AvgIpc) is 3.38. The van der Waals surface area contributed by atoms with Gasteiger partial charge in [0.05, 0.1) is 12.6 Å². The van der Waals surface area contributed by atoms with Gasteiger partial charge in [-0.05, 0) is 44.4 Å². The lowest BCUT2D eigenvalue weighted by molar-refractivity contribution is -0.345. The van der Waals surface area contributed by atoms with Crippen molar-refractivity contribution in [1.29, 1.82) is 0 Å². The Labute approximate surface area is 193 Å². The predicted molar refractivity (Wildman–Crippen MR) is 120 cm³/mol. The fourth-order valence-electron chi connectivity index (χ4n) is 8.09. The normalized spacial score (nSPS) is 46.4. The van der Waals surface area contributed by atoms with Gasteiger partial charge in [-0.25, -0.2) is 0 Å². The van der Waals surface area contributed by atoms with Crippen LogP contribution in [0.25, 0.3) is 10.9 Å². The van der Waals surface area contributed by atoms with E-state index in [9.17, 15) is 9.90 Å². The maximum absolute atomic E-state index is 11.4. The Morgan fingerprint density at radius 3 is 2.79 bits per heavy atom. The molecule has 4 fully saturated rings. The van der Waals surface area contributed by atoms with Gasteiger partial charge in [-0.3, -0.25) is 4.90 Å². The fourth-order valence-corrected chi connectivity index (χ4v) is 8.09. The summed E-state index contributed by atoms with van der Waals surface area (Å²) in [5.41, 5.74) is 4.24. The summed E-state index contributed by atoms with van der Waals surface area (Å²) < 4.78 is 21.3. The van der Waals surface area contributed by atoms with Crippen molar-refractivity contribution in [3.8, 4) is 0 Å². The van der Waals surface area contributed by atoms with Crippen LogP contribution in [0, 0.1) is 17.8 Å². The van der Waals surface area contributed by atoms with Gasteiger partial charge in [-0.1, -0.05) is 18.2 Å². The molecule has 176 valence electrons. The Hall–Kier alpha value is -1.77. The van der Waals surface area contributed by atoms with E-state index < -0.39 is 23.8 Å². The van der Waals surface area contributed by atoms with Gasteiger partial charge in [0.15, 0.2) is 11.6 Å². The number of nitrogens with zero attached hydrogens (tertiary/aromatic N) is 2. The molecule has 0 amide bonds. The number of aryl methyl sites for hydroxylation is 1. The van der Waals surface area contributed by atoms with Gasteiger partial charge < -0.3 is 28.7 Å². The number of fused-ring (bicyclic) bond motifs is 10. The average molecular weight is 453 g/mol. The molecule has 2 aromatic rings. The highest BCUT2D eigenvalue weighted by atomic mass is 16.8. The number of rotatable bonds is 1.